The molecule has 0 amide bonds. The van der Waals surface area contributed by atoms with Crippen molar-refractivity contribution in [3.63, 3.8) is 0 Å². The molecule has 6 aromatic carbocycles. The first-order valence-corrected chi connectivity index (χ1v) is 17.9. The predicted octanol–water partition coefficient (Wildman–Crippen LogP) is 11.3. The Morgan fingerprint density at radius 3 is 1.57 bits per heavy atom. The molecule has 8 aromatic rings. The second kappa shape index (κ2) is 11.4. The normalized spacial score (nSPS) is 11.5. The minimum absolute atomic E-state index is 0.0613. The van der Waals surface area contributed by atoms with E-state index < -0.39 is 0 Å². The molecule has 0 fully saturated rings. The van der Waals surface area contributed by atoms with Crippen LogP contribution in [0.25, 0.3) is 62.6 Å². The van der Waals surface area contributed by atoms with Crippen LogP contribution in [0.1, 0.15) is 0 Å². The summed E-state index contributed by atoms with van der Waals surface area (Å²) in [4.78, 5) is 29.3. The molecule has 2 aromatic heterocycles. The minimum Gasteiger partial charge on any atom is -0.289 e. The van der Waals surface area contributed by atoms with Crippen molar-refractivity contribution >= 4 is 84.6 Å². The van der Waals surface area contributed by atoms with Gasteiger partial charge in [-0.15, -0.1) is 22.7 Å². The first-order valence-electron chi connectivity index (χ1n) is 14.1. The molecule has 0 aliphatic rings. The molecule has 44 heavy (non-hydrogen) atoms. The number of hydrogen-bond donors (Lipinski definition) is 0. The van der Waals surface area contributed by atoms with E-state index in [1.54, 1.807) is 44.3 Å². The highest BCUT2D eigenvalue weighted by molar-refractivity contribution is 8.76. The van der Waals surface area contributed by atoms with Gasteiger partial charge in [0.2, 0.25) is 0 Å². The highest BCUT2D eigenvalue weighted by atomic mass is 33.1. The Hall–Kier alpha value is -4.20. The van der Waals surface area contributed by atoms with Crippen LogP contribution in [0, 0.1) is 0 Å². The molecule has 6 heteroatoms. The van der Waals surface area contributed by atoms with E-state index in [0.29, 0.717) is 0 Å². The van der Waals surface area contributed by atoms with Gasteiger partial charge in [0.05, 0.1) is 0 Å². The zero-order valence-corrected chi connectivity index (χ0v) is 26.4. The van der Waals surface area contributed by atoms with E-state index in [1.165, 1.54) is 4.90 Å². The van der Waals surface area contributed by atoms with E-state index in [4.69, 9.17) is 0 Å². The average molecular weight is 639 g/mol. The van der Waals surface area contributed by atoms with Crippen LogP contribution >= 0.6 is 44.3 Å². The van der Waals surface area contributed by atoms with Crippen molar-refractivity contribution in [3.8, 4) is 22.3 Å². The molecule has 0 spiro atoms. The van der Waals surface area contributed by atoms with Gasteiger partial charge in [-0.3, -0.25) is 9.59 Å². The molecule has 0 saturated carbocycles. The van der Waals surface area contributed by atoms with E-state index in [0.717, 1.165) is 67.5 Å². The fourth-order valence-corrected chi connectivity index (χ4v) is 9.81. The molecule has 2 heterocycles. The number of rotatable bonds is 5. The maximum absolute atomic E-state index is 13.6. The molecule has 0 atom stereocenters. The van der Waals surface area contributed by atoms with Crippen molar-refractivity contribution in [2.75, 3.05) is 0 Å². The summed E-state index contributed by atoms with van der Waals surface area (Å²) >= 11 is 3.29. The van der Waals surface area contributed by atoms with Crippen LogP contribution in [-0.4, -0.2) is 0 Å². The molecule has 0 bridgehead atoms. The van der Waals surface area contributed by atoms with Crippen LogP contribution in [0.3, 0.4) is 0 Å². The molecule has 0 aliphatic carbocycles. The molecule has 210 valence electrons. The quantitative estimate of drug-likeness (QED) is 0.139. The van der Waals surface area contributed by atoms with Gasteiger partial charge in [-0.1, -0.05) is 82.3 Å². The SMILES string of the molecule is O=c1c2ccccc2sc2ccc(-c3ccc(SSc4ccccc4)c(-c4ccc5sc6ccccc6c(=O)c5c4)c3)cc12. The fourth-order valence-electron chi connectivity index (χ4n) is 5.53. The topological polar surface area (TPSA) is 34.1 Å². The monoisotopic (exact) mass is 638 g/mol. The van der Waals surface area contributed by atoms with E-state index in [-0.39, 0.29) is 10.9 Å². The smallest absolute Gasteiger partial charge is 0.195 e. The molecule has 0 saturated heterocycles. The standard InChI is InChI=1S/C38H22O2S4/c39-37-27-10-4-6-12-32(27)41-34-17-14-24(21-30(34)37)23-15-19-36(44-43-26-8-2-1-3-9-26)29(20-23)25-16-18-35-31(22-25)38(40)28-11-5-7-13-33(28)42-35/h1-22H. The van der Waals surface area contributed by atoms with Gasteiger partial charge in [0.1, 0.15) is 0 Å². The zero-order valence-electron chi connectivity index (χ0n) is 23.2. The summed E-state index contributed by atoms with van der Waals surface area (Å²) < 4.78 is 3.96. The third kappa shape index (κ3) is 4.94. The lowest BCUT2D eigenvalue weighted by Gasteiger charge is -2.13. The lowest BCUT2D eigenvalue weighted by Crippen LogP contribution is -2.01. The van der Waals surface area contributed by atoms with Crippen molar-refractivity contribution in [2.24, 2.45) is 0 Å². The minimum atomic E-state index is 0.0613. The van der Waals surface area contributed by atoms with Gasteiger partial charge >= 0.3 is 0 Å². The molecule has 2 nitrogen and oxygen atoms in total. The summed E-state index contributed by atoms with van der Waals surface area (Å²) in [6.07, 6.45) is 0. The third-order valence-corrected chi connectivity index (χ3v) is 12.5. The molecule has 0 unspecified atom stereocenters. The lowest BCUT2D eigenvalue weighted by atomic mass is 9.97. The summed E-state index contributed by atoms with van der Waals surface area (Å²) in [5.74, 6) is 0. The number of fused-ring (bicyclic) bond motifs is 4. The van der Waals surface area contributed by atoms with Gasteiger partial charge < -0.3 is 0 Å². The zero-order chi connectivity index (χ0) is 29.6. The van der Waals surface area contributed by atoms with Gasteiger partial charge in [-0.2, -0.15) is 0 Å². The van der Waals surface area contributed by atoms with Crippen LogP contribution in [-0.2, 0) is 0 Å². The third-order valence-electron chi connectivity index (χ3n) is 7.75. The Bertz CT molecular complexity index is 2500. The summed E-state index contributed by atoms with van der Waals surface area (Å²) in [6, 6.07) is 44.8. The second-order valence-electron chi connectivity index (χ2n) is 10.5. The molecular formula is C38H22O2S4. The molecule has 0 N–H and O–H groups in total. The average Bonchev–Trinajstić information content (AvgIpc) is 3.08. The van der Waals surface area contributed by atoms with Gasteiger partial charge in [-0.05, 0) is 95.1 Å². The highest BCUT2D eigenvalue weighted by Gasteiger charge is 2.14. The number of benzene rings is 6. The number of hydrogen-bond acceptors (Lipinski definition) is 6. The Balaban J connectivity index is 1.29. The predicted molar refractivity (Wildman–Crippen MR) is 194 cm³/mol. The van der Waals surface area contributed by atoms with Crippen LogP contribution in [0.5, 0.6) is 0 Å². The van der Waals surface area contributed by atoms with Crippen LogP contribution in [0.2, 0.25) is 0 Å². The maximum atomic E-state index is 13.6. The molecule has 8 rings (SSSR count). The van der Waals surface area contributed by atoms with Gasteiger partial charge in [0, 0.05) is 50.1 Å². The largest absolute Gasteiger partial charge is 0.289 e. The summed E-state index contributed by atoms with van der Waals surface area (Å²) in [5, 5.41) is 2.98. The first kappa shape index (κ1) is 27.4. The van der Waals surface area contributed by atoms with Crippen molar-refractivity contribution in [1.82, 2.24) is 0 Å². The molecule has 0 radical (unpaired) electrons. The van der Waals surface area contributed by atoms with Crippen LogP contribution < -0.4 is 10.9 Å². The first-order chi connectivity index (χ1) is 21.6. The van der Waals surface area contributed by atoms with Gasteiger partial charge in [0.25, 0.3) is 0 Å². The summed E-state index contributed by atoms with van der Waals surface area (Å²) in [5.41, 5.74) is 4.19. The molecular weight excluding hydrogens is 617 g/mol. The van der Waals surface area contributed by atoms with Crippen LogP contribution in [0.4, 0.5) is 0 Å². The van der Waals surface area contributed by atoms with E-state index in [2.05, 4.69) is 54.6 Å². The van der Waals surface area contributed by atoms with Crippen molar-refractivity contribution in [1.29, 1.82) is 0 Å². The Labute approximate surface area is 269 Å². The van der Waals surface area contributed by atoms with E-state index in [9.17, 15) is 9.59 Å². The van der Waals surface area contributed by atoms with Gasteiger partial charge in [0.15, 0.2) is 10.9 Å². The molecule has 0 aliphatic heterocycles. The fraction of sp³-hybridized carbons (Fsp3) is 0. The van der Waals surface area contributed by atoms with E-state index >= 15 is 0 Å². The lowest BCUT2D eigenvalue weighted by molar-refractivity contribution is 1.45. The maximum Gasteiger partial charge on any atom is 0.195 e. The summed E-state index contributed by atoms with van der Waals surface area (Å²) in [7, 11) is 3.42. The van der Waals surface area contributed by atoms with Crippen molar-refractivity contribution in [3.05, 3.63) is 154 Å². The van der Waals surface area contributed by atoms with Crippen LogP contribution in [0.15, 0.2) is 153 Å². The Kier molecular flexibility index (Phi) is 7.07. The highest BCUT2D eigenvalue weighted by Crippen LogP contribution is 2.44. The second-order valence-corrected chi connectivity index (χ2v) is 14.9. The van der Waals surface area contributed by atoms with E-state index in [1.807, 2.05) is 78.9 Å². The van der Waals surface area contributed by atoms with Gasteiger partial charge in [-0.25, -0.2) is 0 Å². The Morgan fingerprint density at radius 2 is 0.909 bits per heavy atom. The Morgan fingerprint density at radius 1 is 0.409 bits per heavy atom. The summed E-state index contributed by atoms with van der Waals surface area (Å²) in [6.45, 7) is 0. The van der Waals surface area contributed by atoms with Crippen molar-refractivity contribution < 1.29 is 0 Å². The van der Waals surface area contributed by atoms with Crippen molar-refractivity contribution in [2.45, 2.75) is 9.79 Å².